The van der Waals surface area contributed by atoms with Crippen molar-refractivity contribution in [2.45, 2.75) is 6.42 Å². The molecule has 0 saturated carbocycles. The van der Waals surface area contributed by atoms with Gasteiger partial charge in [0.15, 0.2) is 11.5 Å². The highest BCUT2D eigenvalue weighted by molar-refractivity contribution is 6.10. The maximum atomic E-state index is 12.7. The lowest BCUT2D eigenvalue weighted by molar-refractivity contribution is -0.115. The summed E-state index contributed by atoms with van der Waals surface area (Å²) >= 11 is 0. The van der Waals surface area contributed by atoms with Gasteiger partial charge in [-0.05, 0) is 29.8 Å². The van der Waals surface area contributed by atoms with Crippen LogP contribution in [0.4, 0.5) is 11.4 Å². The summed E-state index contributed by atoms with van der Waals surface area (Å²) in [6, 6.07) is 21.5. The zero-order valence-electron chi connectivity index (χ0n) is 15.0. The number of carbonyl (C=O) groups is 2. The smallest absolute Gasteiger partial charge is 0.257 e. The van der Waals surface area contributed by atoms with Gasteiger partial charge in [-0.3, -0.25) is 9.59 Å². The Kier molecular flexibility index (Phi) is 4.93. The molecule has 3 aromatic carbocycles. The highest BCUT2D eigenvalue weighted by Crippen LogP contribution is 2.34. The Bertz CT molecular complexity index is 1020. The second kappa shape index (κ2) is 7.84. The minimum Gasteiger partial charge on any atom is -0.454 e. The summed E-state index contributed by atoms with van der Waals surface area (Å²) in [5.41, 5.74) is 2.32. The molecule has 4 rings (SSSR count). The average molecular weight is 374 g/mol. The molecular formula is C22H18N2O4. The van der Waals surface area contributed by atoms with Gasteiger partial charge in [0, 0.05) is 11.8 Å². The summed E-state index contributed by atoms with van der Waals surface area (Å²) in [5, 5.41) is 5.65. The molecule has 28 heavy (non-hydrogen) atoms. The molecule has 0 spiro atoms. The van der Waals surface area contributed by atoms with E-state index in [1.165, 1.54) is 0 Å². The quantitative estimate of drug-likeness (QED) is 0.711. The Labute approximate surface area is 162 Å². The molecule has 0 unspecified atom stereocenters. The van der Waals surface area contributed by atoms with Gasteiger partial charge in [-0.1, -0.05) is 42.5 Å². The zero-order valence-corrected chi connectivity index (χ0v) is 15.0. The van der Waals surface area contributed by atoms with Gasteiger partial charge in [0.1, 0.15) is 0 Å². The molecule has 1 heterocycles. The Morgan fingerprint density at radius 3 is 2.43 bits per heavy atom. The summed E-state index contributed by atoms with van der Waals surface area (Å²) < 4.78 is 10.6. The van der Waals surface area contributed by atoms with Crippen molar-refractivity contribution in [3.8, 4) is 11.5 Å². The van der Waals surface area contributed by atoms with Crippen molar-refractivity contribution in [3.63, 3.8) is 0 Å². The molecule has 1 aliphatic rings. The molecule has 140 valence electrons. The van der Waals surface area contributed by atoms with Crippen LogP contribution in [0.5, 0.6) is 11.5 Å². The van der Waals surface area contributed by atoms with Crippen molar-refractivity contribution in [2.24, 2.45) is 0 Å². The molecule has 2 amide bonds. The van der Waals surface area contributed by atoms with E-state index in [2.05, 4.69) is 10.6 Å². The third-order valence-electron chi connectivity index (χ3n) is 4.28. The van der Waals surface area contributed by atoms with Gasteiger partial charge in [-0.2, -0.15) is 0 Å². The minimum atomic E-state index is -0.325. The zero-order chi connectivity index (χ0) is 19.3. The standard InChI is InChI=1S/C22H18N2O4/c25-21(12-15-6-2-1-3-7-15)24-18-9-5-4-8-17(18)22(26)23-16-10-11-19-20(13-16)28-14-27-19/h1-11,13H,12,14H2,(H,23,26)(H,24,25). The Balaban J connectivity index is 1.47. The number of rotatable bonds is 5. The third kappa shape index (κ3) is 3.96. The molecular weight excluding hydrogens is 356 g/mol. The van der Waals surface area contributed by atoms with Crippen molar-refractivity contribution >= 4 is 23.2 Å². The third-order valence-corrected chi connectivity index (χ3v) is 4.28. The van der Waals surface area contributed by atoms with Crippen molar-refractivity contribution in [1.29, 1.82) is 0 Å². The van der Waals surface area contributed by atoms with E-state index in [1.807, 2.05) is 30.3 Å². The number of carbonyl (C=O) groups excluding carboxylic acids is 2. The SMILES string of the molecule is O=C(Cc1ccccc1)Nc1ccccc1C(=O)Nc1ccc2c(c1)OCO2. The van der Waals surface area contributed by atoms with Crippen LogP contribution in [0.3, 0.4) is 0 Å². The first-order valence-electron chi connectivity index (χ1n) is 8.83. The highest BCUT2D eigenvalue weighted by Gasteiger charge is 2.17. The van der Waals surface area contributed by atoms with E-state index >= 15 is 0 Å². The van der Waals surface area contributed by atoms with Crippen LogP contribution in [0, 0.1) is 0 Å². The van der Waals surface area contributed by atoms with E-state index in [0.29, 0.717) is 28.4 Å². The molecule has 2 N–H and O–H groups in total. The summed E-state index contributed by atoms with van der Waals surface area (Å²) in [6.45, 7) is 0.170. The number of fused-ring (bicyclic) bond motifs is 1. The van der Waals surface area contributed by atoms with Crippen LogP contribution in [0.15, 0.2) is 72.8 Å². The van der Waals surface area contributed by atoms with Crippen molar-refractivity contribution in [2.75, 3.05) is 17.4 Å². The second-order valence-corrected chi connectivity index (χ2v) is 6.28. The van der Waals surface area contributed by atoms with Crippen LogP contribution in [0.25, 0.3) is 0 Å². The Morgan fingerprint density at radius 2 is 1.57 bits per heavy atom. The van der Waals surface area contributed by atoms with Crippen LogP contribution in [0.2, 0.25) is 0 Å². The number of para-hydroxylation sites is 1. The molecule has 0 fully saturated rings. The number of ether oxygens (including phenoxy) is 2. The van der Waals surface area contributed by atoms with Gasteiger partial charge < -0.3 is 20.1 Å². The number of amides is 2. The molecule has 0 aliphatic carbocycles. The molecule has 6 heteroatoms. The van der Waals surface area contributed by atoms with E-state index in [1.54, 1.807) is 42.5 Å². The van der Waals surface area contributed by atoms with Gasteiger partial charge in [-0.25, -0.2) is 0 Å². The predicted molar refractivity (Wildman–Crippen MR) is 106 cm³/mol. The summed E-state index contributed by atoms with van der Waals surface area (Å²) in [7, 11) is 0. The number of benzene rings is 3. The summed E-state index contributed by atoms with van der Waals surface area (Å²) in [5.74, 6) is 0.720. The fraction of sp³-hybridized carbons (Fsp3) is 0.0909. The topological polar surface area (TPSA) is 76.7 Å². The molecule has 0 bridgehead atoms. The van der Waals surface area contributed by atoms with Gasteiger partial charge in [0.05, 0.1) is 17.7 Å². The maximum Gasteiger partial charge on any atom is 0.257 e. The number of nitrogens with one attached hydrogen (secondary N) is 2. The van der Waals surface area contributed by atoms with E-state index in [-0.39, 0.29) is 25.0 Å². The lowest BCUT2D eigenvalue weighted by Gasteiger charge is -2.12. The molecule has 3 aromatic rings. The number of hydrogen-bond donors (Lipinski definition) is 2. The predicted octanol–water partition coefficient (Wildman–Crippen LogP) is 3.85. The fourth-order valence-corrected chi connectivity index (χ4v) is 2.94. The largest absolute Gasteiger partial charge is 0.454 e. The van der Waals surface area contributed by atoms with E-state index < -0.39 is 0 Å². The van der Waals surface area contributed by atoms with Crippen LogP contribution in [0.1, 0.15) is 15.9 Å². The van der Waals surface area contributed by atoms with Gasteiger partial charge in [0.2, 0.25) is 12.7 Å². The van der Waals surface area contributed by atoms with Crippen molar-refractivity contribution in [1.82, 2.24) is 0 Å². The van der Waals surface area contributed by atoms with Gasteiger partial charge in [0.25, 0.3) is 5.91 Å². The number of anilines is 2. The van der Waals surface area contributed by atoms with Gasteiger partial charge >= 0.3 is 0 Å². The van der Waals surface area contributed by atoms with Crippen molar-refractivity contribution < 1.29 is 19.1 Å². The molecule has 0 radical (unpaired) electrons. The van der Waals surface area contributed by atoms with E-state index in [4.69, 9.17) is 9.47 Å². The lowest BCUT2D eigenvalue weighted by atomic mass is 10.1. The maximum absolute atomic E-state index is 12.7. The molecule has 1 aliphatic heterocycles. The summed E-state index contributed by atoms with van der Waals surface area (Å²) in [4.78, 5) is 25.1. The van der Waals surface area contributed by atoms with E-state index in [9.17, 15) is 9.59 Å². The normalized spacial score (nSPS) is 11.7. The average Bonchev–Trinajstić information content (AvgIpc) is 3.17. The summed E-state index contributed by atoms with van der Waals surface area (Å²) in [6.07, 6.45) is 0.235. The monoisotopic (exact) mass is 374 g/mol. The first kappa shape index (κ1) is 17.6. The van der Waals surface area contributed by atoms with Crippen LogP contribution < -0.4 is 20.1 Å². The second-order valence-electron chi connectivity index (χ2n) is 6.28. The van der Waals surface area contributed by atoms with Crippen LogP contribution >= 0.6 is 0 Å². The molecule has 0 atom stereocenters. The minimum absolute atomic E-state index is 0.170. The van der Waals surface area contributed by atoms with Gasteiger partial charge in [-0.15, -0.1) is 0 Å². The molecule has 0 aromatic heterocycles. The first-order valence-corrected chi connectivity index (χ1v) is 8.83. The van der Waals surface area contributed by atoms with Crippen molar-refractivity contribution in [3.05, 3.63) is 83.9 Å². The number of hydrogen-bond acceptors (Lipinski definition) is 4. The Hall–Kier alpha value is -3.80. The Morgan fingerprint density at radius 1 is 0.821 bits per heavy atom. The first-order chi connectivity index (χ1) is 13.7. The molecule has 0 saturated heterocycles. The van der Waals surface area contributed by atoms with Crippen LogP contribution in [-0.2, 0) is 11.2 Å². The fourth-order valence-electron chi connectivity index (χ4n) is 2.94. The lowest BCUT2D eigenvalue weighted by Crippen LogP contribution is -2.19. The molecule has 6 nitrogen and oxygen atoms in total. The van der Waals surface area contributed by atoms with Crippen LogP contribution in [-0.4, -0.2) is 18.6 Å². The highest BCUT2D eigenvalue weighted by atomic mass is 16.7. The van der Waals surface area contributed by atoms with E-state index in [0.717, 1.165) is 5.56 Å².